The lowest BCUT2D eigenvalue weighted by Gasteiger charge is -2.27. The van der Waals surface area contributed by atoms with E-state index in [1.54, 1.807) is 12.3 Å². The number of fused-ring (bicyclic) bond motifs is 1. The van der Waals surface area contributed by atoms with Gasteiger partial charge >= 0.3 is 5.97 Å². The summed E-state index contributed by atoms with van der Waals surface area (Å²) in [4.78, 5) is 15.4. The molecule has 1 aliphatic rings. The Morgan fingerprint density at radius 3 is 2.91 bits per heavy atom. The maximum absolute atomic E-state index is 11.3. The van der Waals surface area contributed by atoms with Crippen molar-refractivity contribution in [3.05, 3.63) is 58.4 Å². The fourth-order valence-corrected chi connectivity index (χ4v) is 3.19. The number of aryl methyl sites for hydroxylation is 3. The van der Waals surface area contributed by atoms with Crippen LogP contribution in [0.25, 0.3) is 0 Å². The highest BCUT2D eigenvalue weighted by Crippen LogP contribution is 2.38. The summed E-state index contributed by atoms with van der Waals surface area (Å²) in [6.07, 6.45) is 5.79. The Morgan fingerprint density at radius 2 is 2.13 bits per heavy atom. The molecule has 0 bridgehead atoms. The molecule has 2 heterocycles. The van der Waals surface area contributed by atoms with Crippen LogP contribution >= 0.6 is 0 Å². The van der Waals surface area contributed by atoms with Gasteiger partial charge in [-0.3, -0.25) is 4.98 Å². The first-order chi connectivity index (χ1) is 11.1. The average molecular weight is 311 g/mol. The molecular weight excluding hydrogens is 290 g/mol. The van der Waals surface area contributed by atoms with Crippen molar-refractivity contribution in [2.45, 2.75) is 39.0 Å². The van der Waals surface area contributed by atoms with Crippen molar-refractivity contribution in [1.82, 2.24) is 4.98 Å². The molecule has 23 heavy (non-hydrogen) atoms. The van der Waals surface area contributed by atoms with Gasteiger partial charge in [-0.1, -0.05) is 6.07 Å². The van der Waals surface area contributed by atoms with Crippen LogP contribution in [-0.2, 0) is 6.42 Å². The van der Waals surface area contributed by atoms with Gasteiger partial charge in [-0.15, -0.1) is 0 Å². The summed E-state index contributed by atoms with van der Waals surface area (Å²) in [5.74, 6) is 0.496. The normalized spacial score (nSPS) is 16.5. The van der Waals surface area contributed by atoms with Crippen molar-refractivity contribution in [2.24, 2.45) is 0 Å². The minimum Gasteiger partial charge on any atom is -0.493 e. The highest BCUT2D eigenvalue weighted by molar-refractivity contribution is 5.89. The van der Waals surface area contributed by atoms with Crippen molar-refractivity contribution in [3.8, 4) is 5.75 Å². The smallest absolute Gasteiger partial charge is 0.336 e. The Kier molecular flexibility index (Phi) is 4.33. The van der Waals surface area contributed by atoms with E-state index >= 15 is 0 Å². The van der Waals surface area contributed by atoms with Crippen LogP contribution in [0.5, 0.6) is 5.75 Å². The molecule has 1 N–H and O–H groups in total. The first-order valence-corrected chi connectivity index (χ1v) is 7.96. The molecule has 0 saturated heterocycles. The zero-order valence-corrected chi connectivity index (χ0v) is 13.5. The number of carbonyl (C=O) groups is 1. The number of carboxylic acids is 1. The van der Waals surface area contributed by atoms with Gasteiger partial charge in [-0.2, -0.15) is 0 Å². The Hall–Kier alpha value is -2.36. The maximum atomic E-state index is 11.3. The number of hydrogen-bond donors (Lipinski definition) is 1. The van der Waals surface area contributed by atoms with E-state index in [4.69, 9.17) is 4.74 Å². The van der Waals surface area contributed by atoms with Crippen molar-refractivity contribution < 1.29 is 14.6 Å². The summed E-state index contributed by atoms with van der Waals surface area (Å²) in [6.45, 7) is 4.93. The third kappa shape index (κ3) is 3.21. The average Bonchev–Trinajstić information content (AvgIpc) is 2.54. The maximum Gasteiger partial charge on any atom is 0.336 e. The van der Waals surface area contributed by atoms with Gasteiger partial charge in [0.15, 0.2) is 0 Å². The fraction of sp³-hybridized carbons (Fsp3) is 0.368. The quantitative estimate of drug-likeness (QED) is 0.930. The molecule has 1 unspecified atom stereocenters. The molecule has 3 rings (SSSR count). The van der Waals surface area contributed by atoms with E-state index in [9.17, 15) is 9.90 Å². The molecule has 1 aromatic heterocycles. The third-order valence-electron chi connectivity index (χ3n) is 4.69. The monoisotopic (exact) mass is 311 g/mol. The molecule has 0 saturated carbocycles. The Bertz CT molecular complexity index is 739. The van der Waals surface area contributed by atoms with Gasteiger partial charge in [0.1, 0.15) is 5.75 Å². The van der Waals surface area contributed by atoms with E-state index in [0.29, 0.717) is 17.9 Å². The lowest BCUT2D eigenvalue weighted by molar-refractivity contribution is 0.0695. The summed E-state index contributed by atoms with van der Waals surface area (Å²) >= 11 is 0. The molecule has 0 aliphatic carbocycles. The molecular formula is C19H21NO3. The van der Waals surface area contributed by atoms with E-state index < -0.39 is 5.97 Å². The number of hydrogen-bond acceptors (Lipinski definition) is 3. The SMILES string of the molecule is Cc1cc2c(cc1C)C(CCc1cnccc1C(=O)O)CCO2. The molecule has 0 radical (unpaired) electrons. The summed E-state index contributed by atoms with van der Waals surface area (Å²) < 4.78 is 5.80. The standard InChI is InChI=1S/C19H21NO3/c1-12-9-17-14(6-8-23-18(17)10-13(12)2)3-4-15-11-20-7-5-16(15)19(21)22/h5,7,9-11,14H,3-4,6,8H2,1-2H3,(H,21,22). The van der Waals surface area contributed by atoms with Gasteiger partial charge in [0.05, 0.1) is 12.2 Å². The van der Waals surface area contributed by atoms with Gasteiger partial charge in [0, 0.05) is 12.4 Å². The van der Waals surface area contributed by atoms with Gasteiger partial charge in [-0.25, -0.2) is 4.79 Å². The van der Waals surface area contributed by atoms with Crippen LogP contribution in [0.2, 0.25) is 0 Å². The van der Waals surface area contributed by atoms with E-state index in [1.807, 2.05) is 0 Å². The summed E-state index contributed by atoms with van der Waals surface area (Å²) in [5.41, 5.74) is 4.92. The largest absolute Gasteiger partial charge is 0.493 e. The minimum absolute atomic E-state index is 0.354. The van der Waals surface area contributed by atoms with Crippen LogP contribution in [0.1, 0.15) is 51.4 Å². The molecule has 120 valence electrons. The molecule has 4 heteroatoms. The zero-order valence-electron chi connectivity index (χ0n) is 13.5. The molecule has 0 amide bonds. The number of pyridine rings is 1. The van der Waals surface area contributed by atoms with Crippen molar-refractivity contribution in [3.63, 3.8) is 0 Å². The molecule has 2 aromatic rings. The van der Waals surface area contributed by atoms with Gasteiger partial charge < -0.3 is 9.84 Å². The molecule has 1 atom stereocenters. The summed E-state index contributed by atoms with van der Waals surface area (Å²) in [5, 5.41) is 9.28. The summed E-state index contributed by atoms with van der Waals surface area (Å²) in [7, 11) is 0. The topological polar surface area (TPSA) is 59.4 Å². The number of nitrogens with zero attached hydrogens (tertiary/aromatic N) is 1. The Labute approximate surface area is 136 Å². The molecule has 1 aromatic carbocycles. The van der Waals surface area contributed by atoms with E-state index in [-0.39, 0.29) is 0 Å². The highest BCUT2D eigenvalue weighted by atomic mass is 16.5. The number of aromatic carboxylic acids is 1. The van der Waals surface area contributed by atoms with E-state index in [2.05, 4.69) is 31.0 Å². The van der Waals surface area contributed by atoms with Crippen LogP contribution in [0.4, 0.5) is 0 Å². The lowest BCUT2D eigenvalue weighted by Crippen LogP contribution is -2.16. The van der Waals surface area contributed by atoms with E-state index in [1.165, 1.54) is 22.9 Å². The van der Waals surface area contributed by atoms with Crippen molar-refractivity contribution in [1.29, 1.82) is 0 Å². The Morgan fingerprint density at radius 1 is 1.35 bits per heavy atom. The highest BCUT2D eigenvalue weighted by Gasteiger charge is 2.23. The van der Waals surface area contributed by atoms with Gasteiger partial charge in [0.25, 0.3) is 0 Å². The second-order valence-electron chi connectivity index (χ2n) is 6.19. The predicted molar refractivity (Wildman–Crippen MR) is 88.3 cm³/mol. The number of carboxylic acid groups (broad SMARTS) is 1. The predicted octanol–water partition coefficient (Wildman–Crippen LogP) is 3.90. The second kappa shape index (κ2) is 6.41. The first kappa shape index (κ1) is 15.5. The van der Waals surface area contributed by atoms with Gasteiger partial charge in [-0.05, 0) is 73.4 Å². The molecule has 0 fully saturated rings. The minimum atomic E-state index is -0.888. The van der Waals surface area contributed by atoms with Crippen LogP contribution < -0.4 is 4.74 Å². The summed E-state index contributed by atoms with van der Waals surface area (Å²) in [6, 6.07) is 5.91. The molecule has 1 aliphatic heterocycles. The fourth-order valence-electron chi connectivity index (χ4n) is 3.19. The van der Waals surface area contributed by atoms with Crippen molar-refractivity contribution >= 4 is 5.97 Å². The van der Waals surface area contributed by atoms with Crippen LogP contribution in [0, 0.1) is 13.8 Å². The van der Waals surface area contributed by atoms with E-state index in [0.717, 1.165) is 30.8 Å². The van der Waals surface area contributed by atoms with Crippen LogP contribution in [0.15, 0.2) is 30.6 Å². The van der Waals surface area contributed by atoms with Crippen molar-refractivity contribution in [2.75, 3.05) is 6.61 Å². The first-order valence-electron chi connectivity index (χ1n) is 7.96. The molecule has 0 spiro atoms. The third-order valence-corrected chi connectivity index (χ3v) is 4.69. The second-order valence-corrected chi connectivity index (χ2v) is 6.19. The molecule has 4 nitrogen and oxygen atoms in total. The van der Waals surface area contributed by atoms with Crippen LogP contribution in [-0.4, -0.2) is 22.7 Å². The number of aromatic nitrogens is 1. The van der Waals surface area contributed by atoms with Gasteiger partial charge in [0.2, 0.25) is 0 Å². The number of benzene rings is 1. The number of rotatable bonds is 4. The lowest BCUT2D eigenvalue weighted by atomic mass is 9.86. The number of ether oxygens (including phenoxy) is 1. The zero-order chi connectivity index (χ0) is 16.4. The Balaban J connectivity index is 1.81. The van der Waals surface area contributed by atoms with Crippen LogP contribution in [0.3, 0.4) is 0 Å².